The topological polar surface area (TPSA) is 132 Å². The highest BCUT2D eigenvalue weighted by Crippen LogP contribution is 2.42. The standard InChI is InChI=1S/C25H26FN9O2/c1-13-21(34(3)32-30-13)15-11-17-19(29-12-15)23-24(20(25(27)36)31-33(23)2)35(17)22(14-6-9-37-10-7-14)18-16(26)5-4-8-28-18/h4-5,8,11-12,14,22H,6-7,9-10H2,1-3H3,(H2,27,36)/t22-/m0/s1. The fraction of sp³-hybridized carbons (Fsp3) is 0.360. The Morgan fingerprint density at radius 3 is 2.65 bits per heavy atom. The molecule has 2 N–H and O–H groups in total. The lowest BCUT2D eigenvalue weighted by Crippen LogP contribution is -2.28. The molecule has 1 fully saturated rings. The van der Waals surface area contributed by atoms with Gasteiger partial charge in [0.1, 0.15) is 22.4 Å². The molecule has 12 heteroatoms. The van der Waals surface area contributed by atoms with Crippen LogP contribution >= 0.6 is 0 Å². The van der Waals surface area contributed by atoms with E-state index in [1.165, 1.54) is 6.07 Å². The molecule has 0 radical (unpaired) electrons. The van der Waals surface area contributed by atoms with Crippen molar-refractivity contribution in [3.05, 3.63) is 53.5 Å². The van der Waals surface area contributed by atoms with Crippen molar-refractivity contribution in [1.29, 1.82) is 0 Å². The van der Waals surface area contributed by atoms with Gasteiger partial charge in [0.15, 0.2) is 5.69 Å². The Labute approximate surface area is 211 Å². The van der Waals surface area contributed by atoms with Crippen molar-refractivity contribution in [1.82, 2.24) is 39.3 Å². The molecule has 1 aliphatic rings. The number of ether oxygens (including phenoxy) is 1. The minimum absolute atomic E-state index is 0.0124. The average Bonchev–Trinajstić information content (AvgIpc) is 3.52. The maximum atomic E-state index is 15.4. The average molecular weight is 504 g/mol. The van der Waals surface area contributed by atoms with Crippen LogP contribution in [0.2, 0.25) is 0 Å². The number of hydrogen-bond acceptors (Lipinski definition) is 7. The molecule has 190 valence electrons. The van der Waals surface area contributed by atoms with Gasteiger partial charge in [-0.3, -0.25) is 19.4 Å². The largest absolute Gasteiger partial charge is 0.381 e. The van der Waals surface area contributed by atoms with Crippen molar-refractivity contribution >= 4 is 28.0 Å². The van der Waals surface area contributed by atoms with Crippen LogP contribution in [0.15, 0.2) is 30.6 Å². The van der Waals surface area contributed by atoms with Gasteiger partial charge in [-0.1, -0.05) is 5.21 Å². The zero-order valence-corrected chi connectivity index (χ0v) is 20.7. The molecule has 1 aliphatic heterocycles. The molecule has 6 heterocycles. The van der Waals surface area contributed by atoms with Crippen molar-refractivity contribution < 1.29 is 13.9 Å². The van der Waals surface area contributed by atoms with Crippen LogP contribution in [0, 0.1) is 18.7 Å². The smallest absolute Gasteiger partial charge is 0.271 e. The summed E-state index contributed by atoms with van der Waals surface area (Å²) in [5.74, 6) is -1.11. The number of halogens is 1. The molecule has 5 aromatic heterocycles. The van der Waals surface area contributed by atoms with E-state index in [1.54, 1.807) is 34.9 Å². The number of pyridine rings is 2. The summed E-state index contributed by atoms with van der Waals surface area (Å²) in [5.41, 5.74) is 11.0. The number of rotatable bonds is 5. The second-order valence-corrected chi connectivity index (χ2v) is 9.41. The highest BCUT2D eigenvalue weighted by atomic mass is 19.1. The minimum atomic E-state index is -0.672. The number of primary amides is 1. The molecule has 37 heavy (non-hydrogen) atoms. The Morgan fingerprint density at radius 1 is 1.19 bits per heavy atom. The van der Waals surface area contributed by atoms with E-state index in [1.807, 2.05) is 24.6 Å². The summed E-state index contributed by atoms with van der Waals surface area (Å²) in [6.45, 7) is 2.99. The van der Waals surface area contributed by atoms with Gasteiger partial charge in [-0.2, -0.15) is 5.10 Å². The quantitative estimate of drug-likeness (QED) is 0.390. The lowest BCUT2D eigenvalue weighted by Gasteiger charge is -2.32. The maximum Gasteiger partial charge on any atom is 0.271 e. The SMILES string of the molecule is Cc1nnn(C)c1-c1cnc2c3c(c(C(N)=O)nn3C)n([C@H](c3ncccc3F)C3CCOCC3)c2c1. The van der Waals surface area contributed by atoms with Crippen LogP contribution in [0.5, 0.6) is 0 Å². The second kappa shape index (κ2) is 8.73. The van der Waals surface area contributed by atoms with E-state index in [-0.39, 0.29) is 17.3 Å². The highest BCUT2D eigenvalue weighted by molar-refractivity contribution is 6.12. The number of nitrogens with zero attached hydrogens (tertiary/aromatic N) is 8. The van der Waals surface area contributed by atoms with Crippen LogP contribution in [-0.2, 0) is 18.8 Å². The van der Waals surface area contributed by atoms with Gasteiger partial charge in [0.05, 0.1) is 28.6 Å². The molecule has 0 spiro atoms. The molecule has 11 nitrogen and oxygen atoms in total. The van der Waals surface area contributed by atoms with E-state index >= 15 is 4.39 Å². The van der Waals surface area contributed by atoms with Gasteiger partial charge in [0, 0.05) is 45.3 Å². The van der Waals surface area contributed by atoms with Gasteiger partial charge in [-0.25, -0.2) is 9.07 Å². The van der Waals surface area contributed by atoms with Crippen molar-refractivity contribution in [3.8, 4) is 11.3 Å². The fourth-order valence-electron chi connectivity index (χ4n) is 5.59. The van der Waals surface area contributed by atoms with Gasteiger partial charge in [-0.05, 0) is 43.9 Å². The van der Waals surface area contributed by atoms with Crippen molar-refractivity contribution in [2.75, 3.05) is 13.2 Å². The van der Waals surface area contributed by atoms with Gasteiger partial charge >= 0.3 is 0 Å². The van der Waals surface area contributed by atoms with Gasteiger partial charge < -0.3 is 15.0 Å². The molecule has 1 atom stereocenters. The monoisotopic (exact) mass is 503 g/mol. The fourth-order valence-corrected chi connectivity index (χ4v) is 5.59. The summed E-state index contributed by atoms with van der Waals surface area (Å²) in [6.07, 6.45) is 4.73. The first-order chi connectivity index (χ1) is 17.9. The molecule has 5 aromatic rings. The van der Waals surface area contributed by atoms with Crippen molar-refractivity contribution in [2.24, 2.45) is 25.7 Å². The zero-order chi connectivity index (χ0) is 25.8. The van der Waals surface area contributed by atoms with E-state index in [2.05, 4.69) is 20.4 Å². The van der Waals surface area contributed by atoms with E-state index in [0.717, 1.165) is 17.0 Å². The molecule has 0 bridgehead atoms. The summed E-state index contributed by atoms with van der Waals surface area (Å²) in [4.78, 5) is 21.9. The summed E-state index contributed by atoms with van der Waals surface area (Å²) in [7, 11) is 3.56. The number of carbonyl (C=O) groups is 1. The predicted molar refractivity (Wildman–Crippen MR) is 133 cm³/mol. The Bertz CT molecular complexity index is 1640. The molecular formula is C25H26FN9O2. The third-order valence-corrected chi connectivity index (χ3v) is 7.17. The van der Waals surface area contributed by atoms with Gasteiger partial charge in [0.2, 0.25) is 0 Å². The summed E-state index contributed by atoms with van der Waals surface area (Å²) < 4.78 is 26.3. The highest BCUT2D eigenvalue weighted by Gasteiger charge is 2.35. The van der Waals surface area contributed by atoms with Crippen LogP contribution in [-0.4, -0.2) is 58.4 Å². The number of aromatic nitrogens is 8. The Balaban J connectivity index is 1.74. The lowest BCUT2D eigenvalue weighted by atomic mass is 9.88. The van der Waals surface area contributed by atoms with Crippen molar-refractivity contribution in [3.63, 3.8) is 0 Å². The second-order valence-electron chi connectivity index (χ2n) is 9.41. The summed E-state index contributed by atoms with van der Waals surface area (Å²) >= 11 is 0. The van der Waals surface area contributed by atoms with E-state index in [4.69, 9.17) is 15.5 Å². The molecule has 1 saturated heterocycles. The van der Waals surface area contributed by atoms with Gasteiger partial charge in [0.25, 0.3) is 5.91 Å². The van der Waals surface area contributed by atoms with Crippen molar-refractivity contribution in [2.45, 2.75) is 25.8 Å². The van der Waals surface area contributed by atoms with Crippen LogP contribution in [0.4, 0.5) is 4.39 Å². The number of aryl methyl sites for hydroxylation is 3. The Kier molecular flexibility index (Phi) is 5.48. The first-order valence-electron chi connectivity index (χ1n) is 12.1. The molecule has 0 aromatic carbocycles. The molecule has 0 unspecified atom stereocenters. The zero-order valence-electron chi connectivity index (χ0n) is 20.7. The van der Waals surface area contributed by atoms with Crippen LogP contribution in [0.3, 0.4) is 0 Å². The number of fused-ring (bicyclic) bond motifs is 3. The van der Waals surface area contributed by atoms with Crippen LogP contribution < -0.4 is 5.73 Å². The number of carbonyl (C=O) groups excluding carboxylic acids is 1. The third kappa shape index (κ3) is 3.58. The summed E-state index contributed by atoms with van der Waals surface area (Å²) in [6, 6.07) is 4.41. The van der Waals surface area contributed by atoms with E-state index < -0.39 is 17.8 Å². The number of nitrogens with two attached hydrogens (primary N) is 1. The maximum absolute atomic E-state index is 15.4. The first kappa shape index (κ1) is 23.2. The normalized spacial score (nSPS) is 15.6. The molecule has 1 amide bonds. The summed E-state index contributed by atoms with van der Waals surface area (Å²) in [5, 5.41) is 12.7. The third-order valence-electron chi connectivity index (χ3n) is 7.17. The molecular weight excluding hydrogens is 477 g/mol. The first-order valence-corrected chi connectivity index (χ1v) is 12.1. The molecule has 0 aliphatic carbocycles. The number of amides is 1. The van der Waals surface area contributed by atoms with E-state index in [9.17, 15) is 4.79 Å². The lowest BCUT2D eigenvalue weighted by molar-refractivity contribution is 0.0542. The van der Waals surface area contributed by atoms with Crippen LogP contribution in [0.1, 0.15) is 40.8 Å². The van der Waals surface area contributed by atoms with E-state index in [0.29, 0.717) is 48.1 Å². The Hall–Kier alpha value is -4.19. The van der Waals surface area contributed by atoms with Crippen LogP contribution in [0.25, 0.3) is 33.3 Å². The predicted octanol–water partition coefficient (Wildman–Crippen LogP) is 2.68. The number of hydrogen-bond donors (Lipinski definition) is 1. The Morgan fingerprint density at radius 2 is 1.97 bits per heavy atom. The minimum Gasteiger partial charge on any atom is -0.381 e. The van der Waals surface area contributed by atoms with Gasteiger partial charge in [-0.15, -0.1) is 5.10 Å². The molecule has 6 rings (SSSR count). The molecule has 0 saturated carbocycles.